The number of carbonyl (C=O) groups is 2. The van der Waals surface area contributed by atoms with E-state index in [4.69, 9.17) is 11.6 Å². The third kappa shape index (κ3) is 5.39. The Morgan fingerprint density at radius 3 is 2.23 bits per heavy atom. The van der Waals surface area contributed by atoms with Gasteiger partial charge in [-0.1, -0.05) is 17.7 Å². The van der Waals surface area contributed by atoms with Crippen LogP contribution in [0.4, 0.5) is 0 Å². The Labute approximate surface area is 195 Å². The summed E-state index contributed by atoms with van der Waals surface area (Å²) in [6.07, 6.45) is 4.23. The number of nitrogens with one attached hydrogen (secondary N) is 2. The zero-order chi connectivity index (χ0) is 21.1. The second-order valence-corrected chi connectivity index (χ2v) is 8.87. The van der Waals surface area contributed by atoms with E-state index < -0.39 is 0 Å². The summed E-state index contributed by atoms with van der Waals surface area (Å²) >= 11 is 7.14. The van der Waals surface area contributed by atoms with Crippen LogP contribution in [0.15, 0.2) is 65.6 Å². The summed E-state index contributed by atoms with van der Waals surface area (Å²) in [5.74, 6) is -0.372. The fourth-order valence-corrected chi connectivity index (χ4v) is 4.59. The fourth-order valence-electron chi connectivity index (χ4n) is 3.65. The highest BCUT2D eigenvalue weighted by molar-refractivity contribution is 7.59. The lowest BCUT2D eigenvalue weighted by atomic mass is 10.1. The average molecular weight is 476 g/mol. The summed E-state index contributed by atoms with van der Waals surface area (Å²) in [6.45, 7) is 0. The Balaban J connectivity index is 0.00000272. The lowest BCUT2D eigenvalue weighted by Gasteiger charge is -2.22. The molecular weight excluding hydrogens is 454 g/mol. The van der Waals surface area contributed by atoms with E-state index in [0.29, 0.717) is 20.5 Å². The van der Waals surface area contributed by atoms with Crippen LogP contribution in [0, 0.1) is 0 Å². The molecule has 0 saturated heterocycles. The Morgan fingerprint density at radius 1 is 0.935 bits per heavy atom. The highest BCUT2D eigenvalue weighted by Crippen LogP contribution is 2.24. The average Bonchev–Trinajstić information content (AvgIpc) is 3.37. The van der Waals surface area contributed by atoms with Gasteiger partial charge in [-0.2, -0.15) is 13.5 Å². The first-order valence-electron chi connectivity index (χ1n) is 9.66. The van der Waals surface area contributed by atoms with Crippen molar-refractivity contribution in [2.75, 3.05) is 0 Å². The van der Waals surface area contributed by atoms with Gasteiger partial charge >= 0.3 is 0 Å². The quantitative estimate of drug-likeness (QED) is 0.589. The molecule has 1 fully saturated rings. The molecule has 9 heteroatoms. The number of hydrogen-bond acceptors (Lipinski definition) is 4. The Bertz CT molecular complexity index is 1130. The van der Waals surface area contributed by atoms with Gasteiger partial charge in [-0.3, -0.25) is 19.0 Å². The number of thiophene rings is 1. The van der Waals surface area contributed by atoms with Crippen LogP contribution >= 0.6 is 36.4 Å². The molecule has 1 aliphatic carbocycles. The van der Waals surface area contributed by atoms with Crippen molar-refractivity contribution in [1.29, 1.82) is 0 Å². The first-order valence-corrected chi connectivity index (χ1v) is 10.9. The number of pyridine rings is 1. The molecule has 2 N–H and O–H groups in total. The van der Waals surface area contributed by atoms with Gasteiger partial charge in [-0.05, 0) is 61.7 Å². The van der Waals surface area contributed by atoms with Crippen molar-refractivity contribution in [3.63, 3.8) is 0 Å². The standard InChI is InChI=1S/C22H20ClN3O3S.H2S/c23-19-12-11-18(30-19)22(29)25-17-5-3-4-16(17)24-21(28)14-7-9-15(10-8-14)26-13-2-1-6-20(26)27;/h1-2,6-13,16-17H,3-5H2,(H,24,28)(H,25,29);1H2/t16?,17-;/m1./s1. The van der Waals surface area contributed by atoms with E-state index in [0.717, 1.165) is 19.3 Å². The molecule has 2 aromatic heterocycles. The molecule has 4 rings (SSSR count). The summed E-state index contributed by atoms with van der Waals surface area (Å²) in [5, 5.41) is 6.05. The summed E-state index contributed by atoms with van der Waals surface area (Å²) in [7, 11) is 0. The number of hydrogen-bond donors (Lipinski definition) is 2. The van der Waals surface area contributed by atoms with Crippen LogP contribution < -0.4 is 16.2 Å². The van der Waals surface area contributed by atoms with E-state index in [1.54, 1.807) is 54.7 Å². The molecule has 6 nitrogen and oxygen atoms in total. The molecule has 0 aliphatic heterocycles. The molecule has 0 bridgehead atoms. The lowest BCUT2D eigenvalue weighted by Crippen LogP contribution is -2.48. The minimum Gasteiger partial charge on any atom is -0.347 e. The number of halogens is 1. The van der Waals surface area contributed by atoms with Crippen LogP contribution in [0.5, 0.6) is 0 Å². The Hall–Kier alpha value is -2.55. The second-order valence-electron chi connectivity index (χ2n) is 7.15. The topological polar surface area (TPSA) is 80.2 Å². The largest absolute Gasteiger partial charge is 0.347 e. The van der Waals surface area contributed by atoms with Crippen molar-refractivity contribution in [3.8, 4) is 5.69 Å². The summed E-state index contributed by atoms with van der Waals surface area (Å²) < 4.78 is 2.08. The zero-order valence-corrected chi connectivity index (χ0v) is 19.1. The molecule has 2 heterocycles. The van der Waals surface area contributed by atoms with Crippen molar-refractivity contribution in [2.45, 2.75) is 31.3 Å². The molecule has 162 valence electrons. The smallest absolute Gasteiger partial charge is 0.261 e. The van der Waals surface area contributed by atoms with Crippen LogP contribution in [0.25, 0.3) is 5.69 Å². The van der Waals surface area contributed by atoms with Crippen LogP contribution in [0.1, 0.15) is 39.3 Å². The maximum absolute atomic E-state index is 12.7. The van der Waals surface area contributed by atoms with Gasteiger partial charge in [0.05, 0.1) is 9.21 Å². The van der Waals surface area contributed by atoms with Crippen molar-refractivity contribution >= 4 is 48.2 Å². The summed E-state index contributed by atoms with van der Waals surface area (Å²) in [5.41, 5.74) is 1.06. The van der Waals surface area contributed by atoms with Crippen molar-refractivity contribution in [1.82, 2.24) is 15.2 Å². The molecule has 2 amide bonds. The number of benzene rings is 1. The third-order valence-corrected chi connectivity index (χ3v) is 6.41. The van der Waals surface area contributed by atoms with Gasteiger partial charge in [0.2, 0.25) is 0 Å². The number of rotatable bonds is 5. The predicted octanol–water partition coefficient (Wildman–Crippen LogP) is 3.75. The molecular formula is C22H22ClN3O3S2. The molecule has 1 aromatic carbocycles. The third-order valence-electron chi connectivity index (χ3n) is 5.18. The highest BCUT2D eigenvalue weighted by Gasteiger charge is 2.30. The van der Waals surface area contributed by atoms with Gasteiger partial charge in [0.25, 0.3) is 17.4 Å². The van der Waals surface area contributed by atoms with Gasteiger partial charge < -0.3 is 10.6 Å². The summed E-state index contributed by atoms with van der Waals surface area (Å²) in [6, 6.07) is 15.0. The molecule has 0 spiro atoms. The van der Waals surface area contributed by atoms with Gasteiger partial charge in [0.15, 0.2) is 0 Å². The minimum atomic E-state index is -0.202. The maximum atomic E-state index is 12.7. The zero-order valence-electron chi connectivity index (χ0n) is 16.5. The van der Waals surface area contributed by atoms with Gasteiger partial charge in [-0.25, -0.2) is 0 Å². The number of aromatic nitrogens is 1. The van der Waals surface area contributed by atoms with Crippen molar-refractivity contribution in [2.24, 2.45) is 0 Å². The van der Waals surface area contributed by atoms with E-state index in [1.807, 2.05) is 0 Å². The summed E-state index contributed by atoms with van der Waals surface area (Å²) in [4.78, 5) is 37.6. The van der Waals surface area contributed by atoms with Gasteiger partial charge in [0.1, 0.15) is 0 Å². The molecule has 3 aromatic rings. The second kappa shape index (κ2) is 10.2. The van der Waals surface area contributed by atoms with E-state index in [9.17, 15) is 14.4 Å². The Morgan fingerprint density at radius 2 is 1.61 bits per heavy atom. The van der Waals surface area contributed by atoms with Crippen LogP contribution in [0.2, 0.25) is 4.34 Å². The first-order chi connectivity index (χ1) is 14.5. The molecule has 31 heavy (non-hydrogen) atoms. The fraction of sp³-hybridized carbons (Fsp3) is 0.227. The van der Waals surface area contributed by atoms with Crippen molar-refractivity contribution in [3.05, 3.63) is 85.9 Å². The maximum Gasteiger partial charge on any atom is 0.261 e. The number of nitrogens with zero attached hydrogens (tertiary/aromatic N) is 1. The minimum absolute atomic E-state index is 0. The first kappa shape index (κ1) is 23.1. The van der Waals surface area contributed by atoms with E-state index in [2.05, 4.69) is 10.6 Å². The van der Waals surface area contributed by atoms with Gasteiger partial charge in [0, 0.05) is 35.6 Å². The highest BCUT2D eigenvalue weighted by atomic mass is 35.5. The van der Waals surface area contributed by atoms with Crippen LogP contribution in [0.3, 0.4) is 0 Å². The molecule has 0 radical (unpaired) electrons. The molecule has 1 saturated carbocycles. The monoisotopic (exact) mass is 475 g/mol. The predicted molar refractivity (Wildman–Crippen MR) is 128 cm³/mol. The van der Waals surface area contributed by atoms with E-state index in [1.165, 1.54) is 22.0 Å². The van der Waals surface area contributed by atoms with Crippen LogP contribution in [-0.2, 0) is 0 Å². The lowest BCUT2D eigenvalue weighted by molar-refractivity contribution is 0.0894. The number of amides is 2. The normalized spacial score (nSPS) is 17.6. The molecule has 1 aliphatic rings. The Kier molecular flexibility index (Phi) is 7.59. The van der Waals surface area contributed by atoms with Crippen LogP contribution in [-0.4, -0.2) is 28.5 Å². The van der Waals surface area contributed by atoms with Crippen molar-refractivity contribution < 1.29 is 9.59 Å². The van der Waals surface area contributed by atoms with E-state index >= 15 is 0 Å². The molecule has 2 atom stereocenters. The van der Waals surface area contributed by atoms with Gasteiger partial charge in [-0.15, -0.1) is 11.3 Å². The number of carbonyl (C=O) groups excluding carboxylic acids is 2. The van der Waals surface area contributed by atoms with E-state index in [-0.39, 0.29) is 43.0 Å². The SMILES string of the molecule is O=C(NC1CCC[C@H]1NC(=O)c1ccc(Cl)s1)c1ccc(-n2ccccc2=O)cc1.S. The molecule has 1 unspecified atom stereocenters.